The Morgan fingerprint density at radius 1 is 1.41 bits per heavy atom. The lowest BCUT2D eigenvalue weighted by molar-refractivity contribution is -0.322. The molecule has 0 heterocycles. The van der Waals surface area contributed by atoms with Crippen molar-refractivity contribution in [2.75, 3.05) is 18.1 Å². The zero-order valence-electron chi connectivity index (χ0n) is 9.08. The van der Waals surface area contributed by atoms with Crippen LogP contribution >= 0.6 is 0 Å². The van der Waals surface area contributed by atoms with E-state index < -0.39 is 23.8 Å². The molecule has 3 nitrogen and oxygen atoms in total. The number of hydrogen-bond donors (Lipinski definition) is 1. The molecule has 1 atom stereocenters. The number of nitrogens with two attached hydrogens (primary N) is 1. The Balaban J connectivity index is 2.62. The van der Waals surface area contributed by atoms with E-state index in [4.69, 9.17) is 5.73 Å². The average molecular weight is 267 g/mol. The summed E-state index contributed by atoms with van der Waals surface area (Å²) in [5, 5.41) is 0. The summed E-state index contributed by atoms with van der Waals surface area (Å²) in [6.07, 6.45) is -4.69. The predicted molar refractivity (Wildman–Crippen MR) is 58.9 cm³/mol. The van der Waals surface area contributed by atoms with E-state index in [1.165, 1.54) is 6.07 Å². The number of hydrogen-bond acceptors (Lipinski definition) is 3. The van der Waals surface area contributed by atoms with Crippen molar-refractivity contribution in [2.24, 2.45) is 0 Å². The molecular weight excluding hydrogens is 255 g/mol. The molecule has 0 aliphatic heterocycles. The Labute approximate surface area is 99.2 Å². The lowest BCUT2D eigenvalue weighted by Crippen LogP contribution is -2.18. The van der Waals surface area contributed by atoms with E-state index in [0.29, 0.717) is 10.6 Å². The van der Waals surface area contributed by atoms with Crippen LogP contribution in [0.25, 0.3) is 0 Å². The molecule has 0 saturated heterocycles. The molecule has 2 N–H and O–H groups in total. The standard InChI is InChI=1S/C10H12F3NO2S/c1-7-3-2-4-8(9(7)14)17(15)6-5-16-10(11,12)13/h2-4H,5-6,14H2,1H3. The van der Waals surface area contributed by atoms with E-state index in [1.54, 1.807) is 19.1 Å². The third-order valence-electron chi connectivity index (χ3n) is 2.06. The molecule has 96 valence electrons. The number of alkyl halides is 3. The maximum absolute atomic E-state index is 11.7. The Morgan fingerprint density at radius 2 is 2.06 bits per heavy atom. The molecule has 0 aliphatic rings. The highest BCUT2D eigenvalue weighted by molar-refractivity contribution is 7.85. The van der Waals surface area contributed by atoms with Gasteiger partial charge in [-0.15, -0.1) is 13.2 Å². The summed E-state index contributed by atoms with van der Waals surface area (Å²) in [6.45, 7) is 1.09. The summed E-state index contributed by atoms with van der Waals surface area (Å²) < 4.78 is 50.4. The molecule has 1 aromatic carbocycles. The van der Waals surface area contributed by atoms with Crippen molar-refractivity contribution < 1.29 is 22.1 Å². The average Bonchev–Trinajstić information content (AvgIpc) is 2.20. The van der Waals surface area contributed by atoms with Crippen molar-refractivity contribution in [3.8, 4) is 0 Å². The van der Waals surface area contributed by atoms with Crippen LogP contribution in [0.2, 0.25) is 0 Å². The van der Waals surface area contributed by atoms with Crippen molar-refractivity contribution in [3.63, 3.8) is 0 Å². The molecule has 17 heavy (non-hydrogen) atoms. The molecule has 1 aromatic rings. The van der Waals surface area contributed by atoms with E-state index in [2.05, 4.69) is 4.74 Å². The third-order valence-corrected chi connectivity index (χ3v) is 3.45. The van der Waals surface area contributed by atoms with Crippen molar-refractivity contribution in [2.45, 2.75) is 18.2 Å². The Bertz CT molecular complexity index is 421. The van der Waals surface area contributed by atoms with Crippen LogP contribution in [0.1, 0.15) is 5.56 Å². The van der Waals surface area contributed by atoms with E-state index >= 15 is 0 Å². The number of anilines is 1. The van der Waals surface area contributed by atoms with Gasteiger partial charge < -0.3 is 5.73 Å². The minimum atomic E-state index is -4.69. The summed E-state index contributed by atoms with van der Waals surface area (Å²) in [5.41, 5.74) is 6.77. The van der Waals surface area contributed by atoms with E-state index in [1.807, 2.05) is 0 Å². The van der Waals surface area contributed by atoms with Gasteiger partial charge in [-0.25, -0.2) is 0 Å². The molecule has 0 amide bonds. The van der Waals surface area contributed by atoms with Crippen LogP contribution in [0.4, 0.5) is 18.9 Å². The summed E-state index contributed by atoms with van der Waals surface area (Å²) in [7, 11) is -1.59. The zero-order chi connectivity index (χ0) is 13.1. The Morgan fingerprint density at radius 3 is 2.65 bits per heavy atom. The fourth-order valence-electron chi connectivity index (χ4n) is 1.20. The molecule has 7 heteroatoms. The smallest absolute Gasteiger partial charge is 0.398 e. The monoisotopic (exact) mass is 267 g/mol. The number of ether oxygens (including phenoxy) is 1. The molecule has 0 aromatic heterocycles. The number of halogens is 3. The van der Waals surface area contributed by atoms with Crippen LogP contribution in [-0.2, 0) is 15.5 Å². The molecule has 0 fully saturated rings. The lowest BCUT2D eigenvalue weighted by Gasteiger charge is -2.09. The van der Waals surface area contributed by atoms with Gasteiger partial charge in [0.15, 0.2) is 0 Å². The van der Waals surface area contributed by atoms with Crippen LogP contribution in [0.3, 0.4) is 0 Å². The minimum absolute atomic E-state index is 0.243. The highest BCUT2D eigenvalue weighted by Gasteiger charge is 2.29. The van der Waals surface area contributed by atoms with Crippen LogP contribution in [0, 0.1) is 6.92 Å². The van der Waals surface area contributed by atoms with Gasteiger partial charge in [-0.1, -0.05) is 12.1 Å². The van der Waals surface area contributed by atoms with Gasteiger partial charge >= 0.3 is 6.36 Å². The maximum Gasteiger partial charge on any atom is 0.522 e. The summed E-state index contributed by atoms with van der Waals surface area (Å²) >= 11 is 0. The molecule has 0 spiro atoms. The first-order chi connectivity index (χ1) is 7.81. The molecule has 0 bridgehead atoms. The predicted octanol–water partition coefficient (Wildman–Crippen LogP) is 2.22. The highest BCUT2D eigenvalue weighted by Crippen LogP contribution is 2.21. The maximum atomic E-state index is 11.7. The second kappa shape index (κ2) is 5.50. The fourth-order valence-corrected chi connectivity index (χ4v) is 2.29. The van der Waals surface area contributed by atoms with E-state index in [9.17, 15) is 17.4 Å². The van der Waals surface area contributed by atoms with Crippen LogP contribution in [0.5, 0.6) is 0 Å². The van der Waals surface area contributed by atoms with Crippen molar-refractivity contribution in [1.82, 2.24) is 0 Å². The molecule has 1 rings (SSSR count). The second-order valence-electron chi connectivity index (χ2n) is 3.33. The lowest BCUT2D eigenvalue weighted by atomic mass is 10.2. The van der Waals surface area contributed by atoms with Gasteiger partial charge in [0.05, 0.1) is 33.7 Å². The first-order valence-corrected chi connectivity index (χ1v) is 6.07. The Kier molecular flexibility index (Phi) is 4.53. The molecule has 0 radical (unpaired) electrons. The number of benzene rings is 1. The summed E-state index contributed by atoms with van der Waals surface area (Å²) in [4.78, 5) is 0.343. The fraction of sp³-hybridized carbons (Fsp3) is 0.400. The van der Waals surface area contributed by atoms with E-state index in [-0.39, 0.29) is 5.75 Å². The van der Waals surface area contributed by atoms with Gasteiger partial charge in [0.1, 0.15) is 0 Å². The van der Waals surface area contributed by atoms with Gasteiger partial charge in [-0.2, -0.15) is 0 Å². The molecule has 0 saturated carbocycles. The van der Waals surface area contributed by atoms with Gasteiger partial charge in [0.2, 0.25) is 0 Å². The number of aryl methyl sites for hydroxylation is 1. The van der Waals surface area contributed by atoms with Crippen molar-refractivity contribution in [1.29, 1.82) is 0 Å². The normalized spacial score (nSPS) is 13.6. The quantitative estimate of drug-likeness (QED) is 0.851. The highest BCUT2D eigenvalue weighted by atomic mass is 32.2. The first-order valence-electron chi connectivity index (χ1n) is 4.75. The number of nitrogen functional groups attached to an aromatic ring is 1. The van der Waals surface area contributed by atoms with Crippen LogP contribution < -0.4 is 5.73 Å². The molecular formula is C10H12F3NO2S. The number of rotatable bonds is 4. The SMILES string of the molecule is Cc1cccc(S(=O)CCOC(F)(F)F)c1N. The zero-order valence-corrected chi connectivity index (χ0v) is 9.90. The van der Waals surface area contributed by atoms with Gasteiger partial charge in [-0.05, 0) is 18.6 Å². The number of para-hydroxylation sites is 1. The van der Waals surface area contributed by atoms with Crippen molar-refractivity contribution in [3.05, 3.63) is 23.8 Å². The van der Waals surface area contributed by atoms with Crippen LogP contribution in [-0.4, -0.2) is 22.9 Å². The van der Waals surface area contributed by atoms with Gasteiger partial charge in [-0.3, -0.25) is 8.95 Å². The first kappa shape index (κ1) is 14.0. The summed E-state index contributed by atoms with van der Waals surface area (Å²) in [5.74, 6) is -0.243. The van der Waals surface area contributed by atoms with Gasteiger partial charge in [0, 0.05) is 0 Å². The van der Waals surface area contributed by atoms with Gasteiger partial charge in [0.25, 0.3) is 0 Å². The van der Waals surface area contributed by atoms with E-state index in [0.717, 1.165) is 5.56 Å². The largest absolute Gasteiger partial charge is 0.522 e. The van der Waals surface area contributed by atoms with Crippen LogP contribution in [0.15, 0.2) is 23.1 Å². The molecule has 1 unspecified atom stereocenters. The molecule has 0 aliphatic carbocycles. The summed E-state index contributed by atoms with van der Waals surface area (Å²) in [6, 6.07) is 4.93. The second-order valence-corrected chi connectivity index (χ2v) is 4.87. The minimum Gasteiger partial charge on any atom is -0.398 e. The van der Waals surface area contributed by atoms with Crippen molar-refractivity contribution >= 4 is 16.5 Å². The third kappa shape index (κ3) is 4.35. The Hall–Kier alpha value is -1.08. The topological polar surface area (TPSA) is 52.3 Å².